The Hall–Kier alpha value is -3.65. The highest BCUT2D eigenvalue weighted by molar-refractivity contribution is 7.91. The van der Waals surface area contributed by atoms with E-state index >= 15 is 0 Å². The van der Waals surface area contributed by atoms with Crippen molar-refractivity contribution in [1.82, 2.24) is 4.90 Å². The molecular formula is C31H33NO5S. The van der Waals surface area contributed by atoms with Crippen LogP contribution in [-0.2, 0) is 22.8 Å². The number of sulfone groups is 1. The van der Waals surface area contributed by atoms with Crippen molar-refractivity contribution in [2.45, 2.75) is 28.9 Å². The topological polar surface area (TPSA) is 76.1 Å². The predicted octanol–water partition coefficient (Wildman–Crippen LogP) is 5.01. The van der Waals surface area contributed by atoms with Gasteiger partial charge in [0.05, 0.1) is 16.9 Å². The molecule has 0 saturated heterocycles. The predicted molar refractivity (Wildman–Crippen MR) is 148 cm³/mol. The second kappa shape index (κ2) is 13.2. The smallest absolute Gasteiger partial charge is 0.206 e. The van der Waals surface area contributed by atoms with E-state index in [0.717, 1.165) is 16.9 Å². The van der Waals surface area contributed by atoms with Gasteiger partial charge in [-0.25, -0.2) is 8.42 Å². The summed E-state index contributed by atoms with van der Waals surface area (Å²) in [7, 11) is -2.13. The monoisotopic (exact) mass is 531 g/mol. The number of ether oxygens (including phenoxy) is 2. The van der Waals surface area contributed by atoms with E-state index in [0.29, 0.717) is 31.8 Å². The molecule has 4 rings (SSSR count). The zero-order valence-electron chi connectivity index (χ0n) is 21.4. The highest BCUT2D eigenvalue weighted by Gasteiger charge is 2.19. The molecule has 0 saturated carbocycles. The molecule has 0 aliphatic carbocycles. The highest BCUT2D eigenvalue weighted by Crippen LogP contribution is 2.24. The zero-order valence-corrected chi connectivity index (χ0v) is 22.3. The minimum Gasteiger partial charge on any atom is -0.497 e. The van der Waals surface area contributed by atoms with Crippen LogP contribution < -0.4 is 9.47 Å². The minimum atomic E-state index is -3.64. The molecule has 0 amide bonds. The van der Waals surface area contributed by atoms with Gasteiger partial charge < -0.3 is 14.6 Å². The molecule has 0 spiro atoms. The third-order valence-electron chi connectivity index (χ3n) is 6.21. The van der Waals surface area contributed by atoms with Crippen LogP contribution in [0.5, 0.6) is 11.5 Å². The Labute approximate surface area is 225 Å². The molecule has 0 bridgehead atoms. The average Bonchev–Trinajstić information content (AvgIpc) is 2.96. The molecule has 4 aromatic rings. The lowest BCUT2D eigenvalue weighted by molar-refractivity contribution is 0.0659. The number of hydrogen-bond acceptors (Lipinski definition) is 6. The van der Waals surface area contributed by atoms with Gasteiger partial charge in [-0.05, 0) is 60.0 Å². The molecule has 0 aliphatic heterocycles. The number of hydrogen-bond donors (Lipinski definition) is 1. The summed E-state index contributed by atoms with van der Waals surface area (Å²) in [5.74, 6) is 1.22. The zero-order chi connectivity index (χ0) is 26.8. The minimum absolute atomic E-state index is 0.199. The van der Waals surface area contributed by atoms with E-state index in [1.54, 1.807) is 30.3 Å². The lowest BCUT2D eigenvalue weighted by Gasteiger charge is -2.25. The van der Waals surface area contributed by atoms with Gasteiger partial charge in [-0.2, -0.15) is 0 Å². The van der Waals surface area contributed by atoms with Crippen molar-refractivity contribution in [3.05, 3.63) is 120 Å². The largest absolute Gasteiger partial charge is 0.497 e. The van der Waals surface area contributed by atoms with Crippen LogP contribution in [0.2, 0.25) is 0 Å². The Bertz CT molecular complexity index is 1380. The normalized spacial score (nSPS) is 12.3. The summed E-state index contributed by atoms with van der Waals surface area (Å²) >= 11 is 0. The maximum Gasteiger partial charge on any atom is 0.206 e. The van der Waals surface area contributed by atoms with Gasteiger partial charge >= 0.3 is 0 Å². The van der Waals surface area contributed by atoms with Gasteiger partial charge in [-0.1, -0.05) is 66.7 Å². The molecule has 0 radical (unpaired) electrons. The van der Waals surface area contributed by atoms with Gasteiger partial charge in [0.25, 0.3) is 0 Å². The fourth-order valence-corrected chi connectivity index (χ4v) is 5.46. The quantitative estimate of drug-likeness (QED) is 0.261. The fraction of sp³-hybridized carbons (Fsp3) is 0.226. The SMILES string of the molecule is COc1cccc(S(=O)(=O)c2ccc(CCN(Cc3ccccc3)C[C@H](O)COc3ccccc3)cc2)c1. The number of methoxy groups -OCH3 is 1. The third kappa shape index (κ3) is 7.68. The Morgan fingerprint density at radius 1 is 0.763 bits per heavy atom. The summed E-state index contributed by atoms with van der Waals surface area (Å²) in [5, 5.41) is 10.7. The van der Waals surface area contributed by atoms with Crippen LogP contribution in [0.4, 0.5) is 0 Å². The van der Waals surface area contributed by atoms with Gasteiger partial charge in [-0.3, -0.25) is 4.90 Å². The van der Waals surface area contributed by atoms with Gasteiger partial charge in [0.1, 0.15) is 24.2 Å². The van der Waals surface area contributed by atoms with Crippen molar-refractivity contribution in [3.63, 3.8) is 0 Å². The van der Waals surface area contributed by atoms with Gasteiger partial charge in [0.15, 0.2) is 0 Å². The van der Waals surface area contributed by atoms with Crippen LogP contribution in [0.1, 0.15) is 11.1 Å². The Morgan fingerprint density at radius 3 is 2.11 bits per heavy atom. The Morgan fingerprint density at radius 2 is 1.42 bits per heavy atom. The Kier molecular flexibility index (Phi) is 9.54. The molecule has 0 aliphatic rings. The van der Waals surface area contributed by atoms with Crippen molar-refractivity contribution >= 4 is 9.84 Å². The molecule has 6 nitrogen and oxygen atoms in total. The van der Waals surface area contributed by atoms with Crippen molar-refractivity contribution in [3.8, 4) is 11.5 Å². The summed E-state index contributed by atoms with van der Waals surface area (Å²) < 4.78 is 37.0. The second-order valence-electron chi connectivity index (χ2n) is 9.07. The molecule has 0 fully saturated rings. The van der Waals surface area contributed by atoms with E-state index in [1.165, 1.54) is 13.2 Å². The molecular weight excluding hydrogens is 498 g/mol. The van der Waals surface area contributed by atoms with Crippen molar-refractivity contribution in [1.29, 1.82) is 0 Å². The first kappa shape index (κ1) is 27.4. The second-order valence-corrected chi connectivity index (χ2v) is 11.0. The number of nitrogens with zero attached hydrogens (tertiary/aromatic N) is 1. The van der Waals surface area contributed by atoms with E-state index in [1.807, 2.05) is 60.7 Å². The number of para-hydroxylation sites is 1. The molecule has 1 atom stereocenters. The van der Waals surface area contributed by atoms with Crippen LogP contribution in [0.3, 0.4) is 0 Å². The highest BCUT2D eigenvalue weighted by atomic mass is 32.2. The van der Waals surface area contributed by atoms with E-state index in [2.05, 4.69) is 17.0 Å². The summed E-state index contributed by atoms with van der Waals surface area (Å²) in [6.07, 6.45) is 0.0489. The number of rotatable bonds is 13. The molecule has 4 aromatic carbocycles. The van der Waals surface area contributed by atoms with Crippen molar-refractivity contribution in [2.75, 3.05) is 26.8 Å². The van der Waals surface area contributed by atoms with Gasteiger partial charge in [0, 0.05) is 19.6 Å². The maximum atomic E-state index is 13.1. The van der Waals surface area contributed by atoms with Crippen molar-refractivity contribution < 1.29 is 23.0 Å². The summed E-state index contributed by atoms with van der Waals surface area (Å²) in [4.78, 5) is 2.63. The van der Waals surface area contributed by atoms with E-state index in [4.69, 9.17) is 9.47 Å². The molecule has 1 N–H and O–H groups in total. The summed E-state index contributed by atoms with van der Waals surface area (Å²) in [5.41, 5.74) is 2.17. The fourth-order valence-electron chi connectivity index (χ4n) is 4.16. The number of aliphatic hydroxyl groups is 1. The van der Waals surface area contributed by atoms with Gasteiger partial charge in [-0.15, -0.1) is 0 Å². The lowest BCUT2D eigenvalue weighted by atomic mass is 10.1. The molecule has 38 heavy (non-hydrogen) atoms. The van der Waals surface area contributed by atoms with E-state index in [-0.39, 0.29) is 16.4 Å². The molecule has 7 heteroatoms. The number of aliphatic hydroxyl groups excluding tert-OH is 1. The summed E-state index contributed by atoms with van der Waals surface area (Å²) in [6.45, 7) is 2.03. The van der Waals surface area contributed by atoms with E-state index < -0.39 is 15.9 Å². The standard InChI is InChI=1S/C31H33NO5S/c1-36-29-13-8-14-31(21-29)38(34,35)30-17-15-25(16-18-30)19-20-32(22-26-9-4-2-5-10-26)23-27(33)24-37-28-11-6-3-7-12-28/h2-18,21,27,33H,19-20,22-24H2,1H3/t27-/m0/s1. The van der Waals surface area contributed by atoms with Crippen LogP contribution in [-0.4, -0.2) is 51.3 Å². The van der Waals surface area contributed by atoms with Gasteiger partial charge in [0.2, 0.25) is 9.84 Å². The Balaban J connectivity index is 1.40. The molecule has 0 unspecified atom stereocenters. The van der Waals surface area contributed by atoms with Crippen LogP contribution in [0.15, 0.2) is 119 Å². The van der Waals surface area contributed by atoms with E-state index in [9.17, 15) is 13.5 Å². The van der Waals surface area contributed by atoms with Crippen LogP contribution >= 0.6 is 0 Å². The van der Waals surface area contributed by atoms with Crippen LogP contribution in [0.25, 0.3) is 0 Å². The maximum absolute atomic E-state index is 13.1. The third-order valence-corrected chi connectivity index (χ3v) is 7.97. The first-order chi connectivity index (χ1) is 18.4. The summed E-state index contributed by atoms with van der Waals surface area (Å²) in [6, 6.07) is 33.1. The lowest BCUT2D eigenvalue weighted by Crippen LogP contribution is -2.36. The van der Waals surface area contributed by atoms with Crippen molar-refractivity contribution in [2.24, 2.45) is 0 Å². The molecule has 198 valence electrons. The first-order valence-electron chi connectivity index (χ1n) is 12.5. The number of benzene rings is 4. The first-order valence-corrected chi connectivity index (χ1v) is 14.0. The average molecular weight is 532 g/mol. The van der Waals surface area contributed by atoms with Crippen LogP contribution in [0, 0.1) is 0 Å². The molecule has 0 heterocycles. The molecule has 0 aromatic heterocycles.